The maximum absolute atomic E-state index is 13.2. The minimum Gasteiger partial charge on any atom is -0.356 e. The lowest BCUT2D eigenvalue weighted by atomic mass is 9.96. The predicted molar refractivity (Wildman–Crippen MR) is 117 cm³/mol. The van der Waals surface area contributed by atoms with Crippen LogP contribution in [0.15, 0.2) is 58.9 Å². The van der Waals surface area contributed by atoms with Crippen LogP contribution in [0.5, 0.6) is 0 Å². The molecule has 1 aromatic heterocycles. The van der Waals surface area contributed by atoms with Crippen LogP contribution < -0.4 is 10.6 Å². The smallest absolute Gasteiger partial charge is 0.230 e. The summed E-state index contributed by atoms with van der Waals surface area (Å²) < 4.78 is 13.9. The first kappa shape index (κ1) is 21.3. The molecule has 0 aliphatic carbocycles. The second-order valence-corrected chi connectivity index (χ2v) is 9.04. The molecule has 3 rings (SSSR count). The zero-order chi connectivity index (χ0) is 20.6. The standard InChI is InChI=1S/C21H23FN4OS2/c1-14(2)19(16-8-10-17(22)11-9-16)24-18(27)13-28-21-26-25-20(29-21)23-12-15-6-4-3-5-7-15/h3-11,14,19H,12-13H2,1-2H3,(H,23,25)(H,24,27). The first-order chi connectivity index (χ1) is 14.0. The summed E-state index contributed by atoms with van der Waals surface area (Å²) in [5, 5.41) is 15.3. The third-order valence-electron chi connectivity index (χ3n) is 4.23. The van der Waals surface area contributed by atoms with Gasteiger partial charge in [0.1, 0.15) is 5.82 Å². The van der Waals surface area contributed by atoms with Crippen molar-refractivity contribution in [2.75, 3.05) is 11.1 Å². The third kappa shape index (κ3) is 6.54. The number of anilines is 1. The van der Waals surface area contributed by atoms with E-state index in [1.807, 2.05) is 44.2 Å². The van der Waals surface area contributed by atoms with Gasteiger partial charge in [-0.2, -0.15) is 0 Å². The van der Waals surface area contributed by atoms with Gasteiger partial charge in [-0.05, 0) is 29.2 Å². The van der Waals surface area contributed by atoms with Crippen molar-refractivity contribution in [3.63, 3.8) is 0 Å². The van der Waals surface area contributed by atoms with Crippen molar-refractivity contribution < 1.29 is 9.18 Å². The number of nitrogens with one attached hydrogen (secondary N) is 2. The number of hydrogen-bond donors (Lipinski definition) is 2. The second kappa shape index (κ2) is 10.4. The molecule has 29 heavy (non-hydrogen) atoms. The first-order valence-electron chi connectivity index (χ1n) is 9.30. The van der Waals surface area contributed by atoms with Crippen molar-refractivity contribution in [2.45, 2.75) is 30.8 Å². The van der Waals surface area contributed by atoms with Gasteiger partial charge in [0.25, 0.3) is 0 Å². The predicted octanol–water partition coefficient (Wildman–Crippen LogP) is 4.89. The highest BCUT2D eigenvalue weighted by molar-refractivity contribution is 8.01. The molecule has 0 radical (unpaired) electrons. The number of rotatable bonds is 9. The van der Waals surface area contributed by atoms with E-state index in [0.717, 1.165) is 20.6 Å². The lowest BCUT2D eigenvalue weighted by molar-refractivity contribution is -0.119. The Morgan fingerprint density at radius 3 is 2.52 bits per heavy atom. The van der Waals surface area contributed by atoms with Crippen molar-refractivity contribution in [3.8, 4) is 0 Å². The van der Waals surface area contributed by atoms with E-state index in [2.05, 4.69) is 20.8 Å². The van der Waals surface area contributed by atoms with Crippen molar-refractivity contribution in [2.24, 2.45) is 5.92 Å². The minimum absolute atomic E-state index is 0.0907. The minimum atomic E-state index is -0.286. The Hall–Kier alpha value is -2.45. The van der Waals surface area contributed by atoms with E-state index in [1.165, 1.54) is 35.2 Å². The van der Waals surface area contributed by atoms with E-state index in [0.29, 0.717) is 6.54 Å². The van der Waals surface area contributed by atoms with Gasteiger partial charge < -0.3 is 10.6 Å². The fourth-order valence-corrected chi connectivity index (χ4v) is 4.32. The van der Waals surface area contributed by atoms with Crippen molar-refractivity contribution in [3.05, 3.63) is 71.5 Å². The van der Waals surface area contributed by atoms with E-state index in [4.69, 9.17) is 0 Å². The molecule has 2 N–H and O–H groups in total. The van der Waals surface area contributed by atoms with Gasteiger partial charge in [0.15, 0.2) is 4.34 Å². The van der Waals surface area contributed by atoms with Gasteiger partial charge in [0, 0.05) is 6.54 Å². The fraction of sp³-hybridized carbons (Fsp3) is 0.286. The number of benzene rings is 2. The van der Waals surface area contributed by atoms with Gasteiger partial charge in [0.05, 0.1) is 11.8 Å². The Kier molecular flexibility index (Phi) is 7.60. The number of carbonyl (C=O) groups excluding carboxylic acids is 1. The Balaban J connectivity index is 1.49. The van der Waals surface area contributed by atoms with Crippen molar-refractivity contribution in [1.82, 2.24) is 15.5 Å². The second-order valence-electron chi connectivity index (χ2n) is 6.84. The van der Waals surface area contributed by atoms with E-state index in [9.17, 15) is 9.18 Å². The largest absolute Gasteiger partial charge is 0.356 e. The summed E-state index contributed by atoms with van der Waals surface area (Å²) in [5.41, 5.74) is 2.06. The van der Waals surface area contributed by atoms with Crippen LogP contribution in [-0.2, 0) is 11.3 Å². The number of nitrogens with zero attached hydrogens (tertiary/aromatic N) is 2. The Morgan fingerprint density at radius 2 is 1.83 bits per heavy atom. The van der Waals surface area contributed by atoms with E-state index in [-0.39, 0.29) is 29.4 Å². The van der Waals surface area contributed by atoms with Gasteiger partial charge in [-0.1, -0.05) is 79.4 Å². The number of halogens is 1. The molecule has 152 valence electrons. The normalized spacial score (nSPS) is 12.0. The molecule has 1 atom stereocenters. The third-order valence-corrected chi connectivity index (χ3v) is 6.25. The van der Waals surface area contributed by atoms with Crippen LogP contribution in [0.3, 0.4) is 0 Å². The number of hydrogen-bond acceptors (Lipinski definition) is 6. The quantitative estimate of drug-likeness (QED) is 0.473. The summed E-state index contributed by atoms with van der Waals surface area (Å²) in [6, 6.07) is 16.1. The number of carbonyl (C=O) groups is 1. The van der Waals surface area contributed by atoms with Crippen LogP contribution in [-0.4, -0.2) is 21.9 Å². The average Bonchev–Trinajstić information content (AvgIpc) is 3.18. The number of aromatic nitrogens is 2. The molecule has 0 saturated carbocycles. The van der Waals surface area contributed by atoms with E-state index < -0.39 is 0 Å². The molecule has 0 aliphatic heterocycles. The molecule has 0 saturated heterocycles. The molecule has 0 spiro atoms. The zero-order valence-electron chi connectivity index (χ0n) is 16.3. The lowest BCUT2D eigenvalue weighted by Gasteiger charge is -2.22. The zero-order valence-corrected chi connectivity index (χ0v) is 17.9. The summed E-state index contributed by atoms with van der Waals surface area (Å²) >= 11 is 2.78. The highest BCUT2D eigenvalue weighted by atomic mass is 32.2. The molecule has 1 heterocycles. The van der Waals surface area contributed by atoms with Crippen molar-refractivity contribution in [1.29, 1.82) is 0 Å². The molecule has 1 unspecified atom stereocenters. The molecule has 1 amide bonds. The van der Waals surface area contributed by atoms with Gasteiger partial charge in [-0.25, -0.2) is 4.39 Å². The number of amides is 1. The lowest BCUT2D eigenvalue weighted by Crippen LogP contribution is -2.32. The SMILES string of the molecule is CC(C)C(NC(=O)CSc1nnc(NCc2ccccc2)s1)c1ccc(F)cc1. The molecule has 5 nitrogen and oxygen atoms in total. The molecule has 8 heteroatoms. The van der Waals surface area contributed by atoms with E-state index >= 15 is 0 Å². The molecule has 0 aliphatic rings. The molecular weight excluding hydrogens is 407 g/mol. The maximum atomic E-state index is 13.2. The van der Waals surface area contributed by atoms with Gasteiger partial charge in [-0.3, -0.25) is 4.79 Å². The highest BCUT2D eigenvalue weighted by Gasteiger charge is 2.19. The molecule has 3 aromatic rings. The summed E-state index contributed by atoms with van der Waals surface area (Å²) in [5.74, 6) is 0.0559. The summed E-state index contributed by atoms with van der Waals surface area (Å²) in [6.45, 7) is 4.72. The van der Waals surface area contributed by atoms with Gasteiger partial charge >= 0.3 is 0 Å². The van der Waals surface area contributed by atoms with Gasteiger partial charge in [-0.15, -0.1) is 10.2 Å². The van der Waals surface area contributed by atoms with Gasteiger partial charge in [0.2, 0.25) is 11.0 Å². The summed E-state index contributed by atoms with van der Waals surface area (Å²) in [6.07, 6.45) is 0. The van der Waals surface area contributed by atoms with Crippen LogP contribution in [0.2, 0.25) is 0 Å². The first-order valence-corrected chi connectivity index (χ1v) is 11.1. The van der Waals surface area contributed by atoms with Crippen LogP contribution in [0, 0.1) is 11.7 Å². The molecule has 0 fully saturated rings. The fourth-order valence-electron chi connectivity index (χ4n) is 2.76. The average molecular weight is 431 g/mol. The van der Waals surface area contributed by atoms with Crippen molar-refractivity contribution >= 4 is 34.1 Å². The summed E-state index contributed by atoms with van der Waals surface area (Å²) in [4.78, 5) is 12.4. The summed E-state index contributed by atoms with van der Waals surface area (Å²) in [7, 11) is 0. The van der Waals surface area contributed by atoms with Crippen LogP contribution in [0.4, 0.5) is 9.52 Å². The van der Waals surface area contributed by atoms with E-state index in [1.54, 1.807) is 12.1 Å². The Labute approximate surface area is 178 Å². The van der Waals surface area contributed by atoms with Crippen LogP contribution in [0.25, 0.3) is 0 Å². The highest BCUT2D eigenvalue weighted by Crippen LogP contribution is 2.27. The molecule has 0 bridgehead atoms. The van der Waals surface area contributed by atoms with Crippen LogP contribution in [0.1, 0.15) is 31.0 Å². The topological polar surface area (TPSA) is 66.9 Å². The Bertz CT molecular complexity index is 916. The Morgan fingerprint density at radius 1 is 1.10 bits per heavy atom. The van der Waals surface area contributed by atoms with Crippen LogP contribution >= 0.6 is 23.1 Å². The number of thioether (sulfide) groups is 1. The monoisotopic (exact) mass is 430 g/mol. The molecule has 2 aromatic carbocycles. The molecular formula is C21H23FN4OS2. The maximum Gasteiger partial charge on any atom is 0.230 e.